The lowest BCUT2D eigenvalue weighted by molar-refractivity contribution is -0.118. The lowest BCUT2D eigenvalue weighted by Crippen LogP contribution is -2.40. The number of anilines is 1. The van der Waals surface area contributed by atoms with E-state index < -0.39 is 5.60 Å². The molecular weight excluding hydrogens is 228 g/mol. The summed E-state index contributed by atoms with van der Waals surface area (Å²) in [6, 6.07) is 6.00. The van der Waals surface area contributed by atoms with Crippen LogP contribution in [0.15, 0.2) is 18.2 Å². The molecule has 3 N–H and O–H groups in total. The minimum atomic E-state index is -0.882. The highest BCUT2D eigenvalue weighted by Crippen LogP contribution is 2.30. The quantitative estimate of drug-likeness (QED) is 0.830. The normalized spacial score (nSPS) is 15.1. The van der Waals surface area contributed by atoms with Crippen LogP contribution < -0.4 is 10.6 Å². The molecule has 0 spiro atoms. The van der Waals surface area contributed by atoms with Gasteiger partial charge >= 0.3 is 0 Å². The first kappa shape index (κ1) is 13.1. The Hall–Kier alpha value is -1.39. The van der Waals surface area contributed by atoms with Crippen LogP contribution in [0.4, 0.5) is 5.69 Å². The average Bonchev–Trinajstić information content (AvgIpc) is 2.53. The highest BCUT2D eigenvalue weighted by Gasteiger charge is 2.31. The Kier molecular flexibility index (Phi) is 3.41. The molecule has 1 aliphatic heterocycles. The molecule has 0 aromatic heterocycles. The van der Waals surface area contributed by atoms with Gasteiger partial charge < -0.3 is 15.7 Å². The van der Waals surface area contributed by atoms with Gasteiger partial charge in [-0.2, -0.15) is 0 Å². The molecule has 18 heavy (non-hydrogen) atoms. The number of rotatable bonds is 4. The van der Waals surface area contributed by atoms with Crippen molar-refractivity contribution < 1.29 is 9.90 Å². The van der Waals surface area contributed by atoms with E-state index in [9.17, 15) is 9.90 Å². The SMILES string of the molecule is CC(C)(O)CN1C(=O)Cc2cc(CCN)ccc21. The Morgan fingerprint density at radius 2 is 2.17 bits per heavy atom. The minimum Gasteiger partial charge on any atom is -0.389 e. The number of carbonyl (C=O) groups excluding carboxylic acids is 1. The van der Waals surface area contributed by atoms with Gasteiger partial charge in [-0.1, -0.05) is 12.1 Å². The maximum absolute atomic E-state index is 12.0. The molecular formula is C14H20N2O2. The van der Waals surface area contributed by atoms with Gasteiger partial charge in [0.2, 0.25) is 5.91 Å². The fraction of sp³-hybridized carbons (Fsp3) is 0.500. The van der Waals surface area contributed by atoms with E-state index in [-0.39, 0.29) is 5.91 Å². The number of β-amino-alcohol motifs (C(OH)–C–C–N with tert-alkyl or cyclic N) is 1. The summed E-state index contributed by atoms with van der Waals surface area (Å²) in [5.74, 6) is 0.0528. The van der Waals surface area contributed by atoms with Crippen molar-refractivity contribution in [3.63, 3.8) is 0 Å². The van der Waals surface area contributed by atoms with E-state index >= 15 is 0 Å². The molecule has 4 nitrogen and oxygen atoms in total. The molecule has 1 amide bonds. The molecule has 4 heteroatoms. The number of benzene rings is 1. The van der Waals surface area contributed by atoms with Crippen LogP contribution in [0.25, 0.3) is 0 Å². The summed E-state index contributed by atoms with van der Waals surface area (Å²) < 4.78 is 0. The van der Waals surface area contributed by atoms with Crippen LogP contribution in [-0.2, 0) is 17.6 Å². The van der Waals surface area contributed by atoms with Crippen molar-refractivity contribution in [2.75, 3.05) is 18.0 Å². The first-order chi connectivity index (χ1) is 8.40. The molecule has 98 valence electrons. The predicted molar refractivity (Wildman–Crippen MR) is 71.6 cm³/mol. The standard InChI is InChI=1S/C14H20N2O2/c1-14(2,18)9-16-12-4-3-10(5-6-15)7-11(12)8-13(16)17/h3-4,7,18H,5-6,8-9,15H2,1-2H3. The minimum absolute atomic E-state index is 0.0528. The van der Waals surface area contributed by atoms with E-state index in [0.29, 0.717) is 19.5 Å². The van der Waals surface area contributed by atoms with Crippen molar-refractivity contribution in [3.8, 4) is 0 Å². The monoisotopic (exact) mass is 248 g/mol. The van der Waals surface area contributed by atoms with Gasteiger partial charge in [0.15, 0.2) is 0 Å². The molecule has 0 bridgehead atoms. The zero-order chi connectivity index (χ0) is 13.3. The first-order valence-corrected chi connectivity index (χ1v) is 6.25. The van der Waals surface area contributed by atoms with Crippen molar-refractivity contribution in [2.45, 2.75) is 32.3 Å². The third kappa shape index (κ3) is 2.71. The van der Waals surface area contributed by atoms with Gasteiger partial charge in [0, 0.05) is 5.69 Å². The van der Waals surface area contributed by atoms with Gasteiger partial charge in [-0.15, -0.1) is 0 Å². The average molecular weight is 248 g/mol. The van der Waals surface area contributed by atoms with Gasteiger partial charge in [-0.25, -0.2) is 0 Å². The Morgan fingerprint density at radius 3 is 2.78 bits per heavy atom. The highest BCUT2D eigenvalue weighted by molar-refractivity contribution is 6.01. The van der Waals surface area contributed by atoms with E-state index in [1.54, 1.807) is 18.7 Å². The molecule has 0 aliphatic carbocycles. The topological polar surface area (TPSA) is 66.6 Å². The zero-order valence-electron chi connectivity index (χ0n) is 10.9. The molecule has 1 heterocycles. The Labute approximate surface area is 107 Å². The number of aliphatic hydroxyl groups is 1. The summed E-state index contributed by atoms with van der Waals surface area (Å²) in [6.07, 6.45) is 1.25. The number of nitrogens with zero attached hydrogens (tertiary/aromatic N) is 1. The second-order valence-corrected chi connectivity index (χ2v) is 5.47. The number of amides is 1. The van der Waals surface area contributed by atoms with Crippen molar-refractivity contribution in [1.29, 1.82) is 0 Å². The van der Waals surface area contributed by atoms with E-state index in [0.717, 1.165) is 23.2 Å². The smallest absolute Gasteiger partial charge is 0.231 e. The van der Waals surface area contributed by atoms with Crippen LogP contribution in [0.1, 0.15) is 25.0 Å². The number of carbonyl (C=O) groups is 1. The van der Waals surface area contributed by atoms with Crippen molar-refractivity contribution >= 4 is 11.6 Å². The first-order valence-electron chi connectivity index (χ1n) is 6.25. The number of hydrogen-bond acceptors (Lipinski definition) is 3. The number of nitrogens with two attached hydrogens (primary N) is 1. The van der Waals surface area contributed by atoms with Crippen LogP contribution in [0, 0.1) is 0 Å². The maximum atomic E-state index is 12.0. The fourth-order valence-corrected chi connectivity index (χ4v) is 2.32. The van der Waals surface area contributed by atoms with E-state index in [4.69, 9.17) is 5.73 Å². The molecule has 0 atom stereocenters. The molecule has 0 saturated heterocycles. The molecule has 0 unspecified atom stereocenters. The summed E-state index contributed by atoms with van der Waals surface area (Å²) in [6.45, 7) is 4.36. The molecule has 1 aromatic carbocycles. The van der Waals surface area contributed by atoms with Crippen LogP contribution in [0.3, 0.4) is 0 Å². The van der Waals surface area contributed by atoms with Gasteiger partial charge in [-0.3, -0.25) is 4.79 Å². The molecule has 0 radical (unpaired) electrons. The van der Waals surface area contributed by atoms with E-state index in [1.807, 2.05) is 18.2 Å². The van der Waals surface area contributed by atoms with Gasteiger partial charge in [-0.05, 0) is 44.0 Å². The fourth-order valence-electron chi connectivity index (χ4n) is 2.32. The predicted octanol–water partition coefficient (Wildman–Crippen LogP) is 0.848. The van der Waals surface area contributed by atoms with Crippen LogP contribution in [0.5, 0.6) is 0 Å². The third-order valence-corrected chi connectivity index (χ3v) is 3.06. The van der Waals surface area contributed by atoms with Crippen LogP contribution in [-0.4, -0.2) is 29.7 Å². The molecule has 1 aromatic rings. The lowest BCUT2D eigenvalue weighted by Gasteiger charge is -2.26. The highest BCUT2D eigenvalue weighted by atomic mass is 16.3. The van der Waals surface area contributed by atoms with Gasteiger partial charge in [0.1, 0.15) is 0 Å². The van der Waals surface area contributed by atoms with Crippen molar-refractivity contribution in [1.82, 2.24) is 0 Å². The van der Waals surface area contributed by atoms with E-state index in [1.165, 1.54) is 0 Å². The Bertz CT molecular complexity index is 463. The van der Waals surface area contributed by atoms with Crippen LogP contribution >= 0.6 is 0 Å². The molecule has 0 fully saturated rings. The maximum Gasteiger partial charge on any atom is 0.231 e. The van der Waals surface area contributed by atoms with Gasteiger partial charge in [0.25, 0.3) is 0 Å². The third-order valence-electron chi connectivity index (χ3n) is 3.06. The summed E-state index contributed by atoms with van der Waals surface area (Å²) >= 11 is 0. The second-order valence-electron chi connectivity index (χ2n) is 5.47. The number of fused-ring (bicyclic) bond motifs is 1. The van der Waals surface area contributed by atoms with E-state index in [2.05, 4.69) is 0 Å². The summed E-state index contributed by atoms with van der Waals surface area (Å²) in [7, 11) is 0. The largest absolute Gasteiger partial charge is 0.389 e. The molecule has 0 saturated carbocycles. The van der Waals surface area contributed by atoms with Crippen molar-refractivity contribution in [3.05, 3.63) is 29.3 Å². The second kappa shape index (κ2) is 4.71. The number of hydrogen-bond donors (Lipinski definition) is 2. The summed E-state index contributed by atoms with van der Waals surface area (Å²) in [5.41, 5.74) is 7.77. The Morgan fingerprint density at radius 1 is 1.44 bits per heavy atom. The molecule has 2 rings (SSSR count). The Balaban J connectivity index is 2.26. The van der Waals surface area contributed by atoms with Gasteiger partial charge in [0.05, 0.1) is 18.6 Å². The van der Waals surface area contributed by atoms with Crippen molar-refractivity contribution in [2.24, 2.45) is 5.73 Å². The summed E-state index contributed by atoms with van der Waals surface area (Å²) in [5, 5.41) is 9.85. The molecule has 1 aliphatic rings. The zero-order valence-corrected chi connectivity index (χ0v) is 10.9. The lowest BCUT2D eigenvalue weighted by atomic mass is 10.1. The summed E-state index contributed by atoms with van der Waals surface area (Å²) in [4.78, 5) is 13.6. The van der Waals surface area contributed by atoms with Crippen LogP contribution in [0.2, 0.25) is 0 Å².